The number of anilines is 1. The molecule has 0 heterocycles. The van der Waals surface area contributed by atoms with Gasteiger partial charge in [0.05, 0.1) is 5.54 Å². The van der Waals surface area contributed by atoms with Crippen molar-refractivity contribution in [3.63, 3.8) is 0 Å². The molecule has 2 nitrogen and oxygen atoms in total. The predicted molar refractivity (Wildman–Crippen MR) is 92.6 cm³/mol. The van der Waals surface area contributed by atoms with Crippen LogP contribution in [0.5, 0.6) is 0 Å². The molecule has 2 unspecified atom stereocenters. The van der Waals surface area contributed by atoms with Gasteiger partial charge in [0, 0.05) is 16.7 Å². The Morgan fingerprint density at radius 2 is 2.05 bits per heavy atom. The topological polar surface area (TPSA) is 38.0 Å². The Kier molecular flexibility index (Phi) is 4.05. The van der Waals surface area contributed by atoms with Crippen LogP contribution in [0, 0.1) is 0 Å². The second kappa shape index (κ2) is 5.82. The van der Waals surface area contributed by atoms with Gasteiger partial charge in [-0.05, 0) is 48.1 Å². The molecule has 0 aromatic heterocycles. The van der Waals surface area contributed by atoms with Crippen molar-refractivity contribution in [3.05, 3.63) is 64.1 Å². The summed E-state index contributed by atoms with van der Waals surface area (Å²) in [6.45, 7) is 2.90. The number of halogens is 1. The minimum absolute atomic E-state index is 0.163. The third kappa shape index (κ3) is 2.72. The van der Waals surface area contributed by atoms with E-state index in [0.717, 1.165) is 23.0 Å². The molecule has 1 aliphatic carbocycles. The maximum Gasteiger partial charge on any atom is 0.0750 e. The van der Waals surface area contributed by atoms with Crippen LogP contribution >= 0.6 is 15.9 Å². The summed E-state index contributed by atoms with van der Waals surface area (Å²) < 4.78 is 1.08. The van der Waals surface area contributed by atoms with E-state index < -0.39 is 0 Å². The summed E-state index contributed by atoms with van der Waals surface area (Å²) in [5.74, 6) is 0.602. The fourth-order valence-corrected chi connectivity index (χ4v) is 3.75. The molecule has 1 aliphatic rings. The first kappa shape index (κ1) is 14.6. The van der Waals surface area contributed by atoms with Crippen molar-refractivity contribution >= 4 is 21.6 Å². The van der Waals surface area contributed by atoms with E-state index in [0.29, 0.717) is 12.5 Å². The van der Waals surface area contributed by atoms with Gasteiger partial charge < -0.3 is 11.1 Å². The zero-order valence-corrected chi connectivity index (χ0v) is 13.9. The van der Waals surface area contributed by atoms with Gasteiger partial charge in [0.25, 0.3) is 0 Å². The van der Waals surface area contributed by atoms with E-state index in [9.17, 15) is 0 Å². The lowest BCUT2D eigenvalue weighted by Crippen LogP contribution is -2.45. The third-order valence-electron chi connectivity index (χ3n) is 4.57. The fourth-order valence-electron chi connectivity index (χ4n) is 3.35. The van der Waals surface area contributed by atoms with Gasteiger partial charge in [-0.25, -0.2) is 0 Å². The zero-order valence-electron chi connectivity index (χ0n) is 12.3. The van der Waals surface area contributed by atoms with Crippen molar-refractivity contribution < 1.29 is 0 Å². The quantitative estimate of drug-likeness (QED) is 0.852. The molecule has 110 valence electrons. The van der Waals surface area contributed by atoms with E-state index >= 15 is 0 Å². The summed E-state index contributed by atoms with van der Waals surface area (Å²) in [5.41, 5.74) is 9.94. The summed E-state index contributed by atoms with van der Waals surface area (Å²) in [7, 11) is 0. The molecule has 0 fully saturated rings. The molecule has 0 amide bonds. The highest BCUT2D eigenvalue weighted by Crippen LogP contribution is 2.42. The molecular formula is C18H21BrN2. The number of benzene rings is 2. The Morgan fingerprint density at radius 1 is 1.24 bits per heavy atom. The van der Waals surface area contributed by atoms with E-state index in [1.165, 1.54) is 11.1 Å². The minimum Gasteiger partial charge on any atom is -0.374 e. The summed E-state index contributed by atoms with van der Waals surface area (Å²) >= 11 is 3.54. The minimum atomic E-state index is -0.163. The van der Waals surface area contributed by atoms with Crippen LogP contribution in [0.1, 0.15) is 36.8 Å². The molecule has 2 aromatic rings. The Bertz CT molecular complexity index is 641. The van der Waals surface area contributed by atoms with Gasteiger partial charge in [0.2, 0.25) is 0 Å². The number of hydrogen-bond donors (Lipinski definition) is 2. The lowest BCUT2D eigenvalue weighted by Gasteiger charge is -2.42. The highest BCUT2D eigenvalue weighted by Gasteiger charge is 2.37. The SMILES string of the molecule is CC1CCC(CN)(Nc2cccc(Br)c2)c2ccccc21. The van der Waals surface area contributed by atoms with Gasteiger partial charge in [-0.3, -0.25) is 0 Å². The van der Waals surface area contributed by atoms with Crippen LogP contribution in [0.4, 0.5) is 5.69 Å². The second-order valence-electron chi connectivity index (χ2n) is 5.95. The summed E-state index contributed by atoms with van der Waals surface area (Å²) in [6.07, 6.45) is 2.23. The Hall–Kier alpha value is -1.32. The van der Waals surface area contributed by atoms with E-state index in [4.69, 9.17) is 5.73 Å². The zero-order chi connectivity index (χ0) is 14.9. The third-order valence-corrected chi connectivity index (χ3v) is 5.06. The molecule has 3 N–H and O–H groups in total. The monoisotopic (exact) mass is 344 g/mol. The predicted octanol–water partition coefficient (Wildman–Crippen LogP) is 4.61. The smallest absolute Gasteiger partial charge is 0.0750 e. The van der Waals surface area contributed by atoms with Gasteiger partial charge in [0.1, 0.15) is 0 Å². The van der Waals surface area contributed by atoms with Crippen LogP contribution < -0.4 is 11.1 Å². The molecule has 0 spiro atoms. The van der Waals surface area contributed by atoms with Gasteiger partial charge >= 0.3 is 0 Å². The van der Waals surface area contributed by atoms with E-state index in [2.05, 4.69) is 64.6 Å². The first-order valence-electron chi connectivity index (χ1n) is 7.48. The molecule has 3 heteroatoms. The molecule has 0 bridgehead atoms. The van der Waals surface area contributed by atoms with E-state index in [-0.39, 0.29) is 5.54 Å². The first-order chi connectivity index (χ1) is 10.1. The van der Waals surface area contributed by atoms with Crippen molar-refractivity contribution in [2.24, 2.45) is 5.73 Å². The Balaban J connectivity index is 2.03. The lowest BCUT2D eigenvalue weighted by atomic mass is 9.72. The molecule has 0 saturated carbocycles. The normalized spacial score (nSPS) is 24.4. The van der Waals surface area contributed by atoms with Crippen LogP contribution in [0.25, 0.3) is 0 Å². The molecule has 0 saturated heterocycles. The van der Waals surface area contributed by atoms with Crippen molar-refractivity contribution in [2.45, 2.75) is 31.2 Å². The summed E-state index contributed by atoms with van der Waals surface area (Å²) in [5, 5.41) is 3.71. The molecule has 2 aromatic carbocycles. The van der Waals surface area contributed by atoms with Crippen molar-refractivity contribution in [2.75, 3.05) is 11.9 Å². The van der Waals surface area contributed by atoms with Crippen molar-refractivity contribution in [1.29, 1.82) is 0 Å². The fraction of sp³-hybridized carbons (Fsp3) is 0.333. The number of nitrogens with one attached hydrogen (secondary N) is 1. The molecule has 3 rings (SSSR count). The van der Waals surface area contributed by atoms with Crippen LogP contribution in [-0.4, -0.2) is 6.54 Å². The largest absolute Gasteiger partial charge is 0.374 e. The standard InChI is InChI=1S/C18H21BrN2/c1-13-9-10-18(12-20,17-8-3-2-7-16(13)17)21-15-6-4-5-14(19)11-15/h2-8,11,13,21H,9-10,12,20H2,1H3. The van der Waals surface area contributed by atoms with Crippen molar-refractivity contribution in [3.8, 4) is 0 Å². The summed E-state index contributed by atoms with van der Waals surface area (Å²) in [6, 6.07) is 17.0. The molecule has 0 aliphatic heterocycles. The van der Waals surface area contributed by atoms with Crippen LogP contribution in [0.3, 0.4) is 0 Å². The highest BCUT2D eigenvalue weighted by atomic mass is 79.9. The van der Waals surface area contributed by atoms with Crippen LogP contribution in [0.15, 0.2) is 53.0 Å². The van der Waals surface area contributed by atoms with Crippen molar-refractivity contribution in [1.82, 2.24) is 0 Å². The number of hydrogen-bond acceptors (Lipinski definition) is 2. The van der Waals surface area contributed by atoms with Gasteiger partial charge in [-0.2, -0.15) is 0 Å². The summed E-state index contributed by atoms with van der Waals surface area (Å²) in [4.78, 5) is 0. The average molecular weight is 345 g/mol. The molecule has 0 radical (unpaired) electrons. The van der Waals surface area contributed by atoms with Gasteiger partial charge in [-0.1, -0.05) is 53.2 Å². The van der Waals surface area contributed by atoms with Gasteiger partial charge in [0.15, 0.2) is 0 Å². The molecule has 2 atom stereocenters. The first-order valence-corrected chi connectivity index (χ1v) is 8.27. The number of fused-ring (bicyclic) bond motifs is 1. The highest BCUT2D eigenvalue weighted by molar-refractivity contribution is 9.10. The van der Waals surface area contributed by atoms with E-state index in [1.807, 2.05) is 12.1 Å². The van der Waals surface area contributed by atoms with Crippen LogP contribution in [0.2, 0.25) is 0 Å². The molecule has 21 heavy (non-hydrogen) atoms. The average Bonchev–Trinajstić information content (AvgIpc) is 2.51. The maximum absolute atomic E-state index is 6.21. The van der Waals surface area contributed by atoms with E-state index in [1.54, 1.807) is 0 Å². The Morgan fingerprint density at radius 3 is 2.81 bits per heavy atom. The van der Waals surface area contributed by atoms with Crippen LogP contribution in [-0.2, 0) is 5.54 Å². The Labute approximate surface area is 134 Å². The number of nitrogens with two attached hydrogens (primary N) is 1. The lowest BCUT2D eigenvalue weighted by molar-refractivity contribution is 0.391. The molecular weight excluding hydrogens is 324 g/mol. The second-order valence-corrected chi connectivity index (χ2v) is 6.86. The maximum atomic E-state index is 6.21. The van der Waals surface area contributed by atoms with Gasteiger partial charge in [-0.15, -0.1) is 0 Å². The number of rotatable bonds is 3.